The maximum absolute atomic E-state index is 12.2. The highest BCUT2D eigenvalue weighted by Gasteiger charge is 2.30. The number of sulfonamides is 1. The van der Waals surface area contributed by atoms with Gasteiger partial charge in [0, 0.05) is 19.6 Å². The second kappa shape index (κ2) is 7.98. The van der Waals surface area contributed by atoms with Gasteiger partial charge in [-0.3, -0.25) is 4.79 Å². The molecule has 0 atom stereocenters. The van der Waals surface area contributed by atoms with E-state index in [-0.39, 0.29) is 18.5 Å². The number of unbranched alkanes of at least 4 members (excludes halogenated alkanes) is 1. The molecule has 0 heterocycles. The summed E-state index contributed by atoms with van der Waals surface area (Å²) in [4.78, 5) is 13.8. The lowest BCUT2D eigenvalue weighted by atomic mass is 9.95. The molecule has 1 aliphatic carbocycles. The average molecular weight is 304 g/mol. The number of hydrogen-bond donors (Lipinski definition) is 0. The lowest BCUT2D eigenvalue weighted by molar-refractivity contribution is -0.130. The maximum atomic E-state index is 12.2. The van der Waals surface area contributed by atoms with Crippen molar-refractivity contribution < 1.29 is 13.2 Å². The molecular weight excluding hydrogens is 276 g/mol. The number of amides is 1. The molecule has 0 aromatic heterocycles. The van der Waals surface area contributed by atoms with E-state index in [9.17, 15) is 13.2 Å². The minimum Gasteiger partial charge on any atom is -0.345 e. The molecule has 1 fully saturated rings. The second-order valence-corrected chi connectivity index (χ2v) is 7.70. The highest BCUT2D eigenvalue weighted by molar-refractivity contribution is 7.88. The smallest absolute Gasteiger partial charge is 0.237 e. The van der Waals surface area contributed by atoms with E-state index in [1.807, 2.05) is 0 Å². The first-order valence-electron chi connectivity index (χ1n) is 7.57. The third-order valence-electron chi connectivity index (χ3n) is 3.97. The Hall–Kier alpha value is -0.620. The van der Waals surface area contributed by atoms with Crippen LogP contribution in [0.1, 0.15) is 51.9 Å². The topological polar surface area (TPSA) is 57.7 Å². The molecule has 6 heteroatoms. The van der Waals surface area contributed by atoms with Gasteiger partial charge in [0.15, 0.2) is 0 Å². The summed E-state index contributed by atoms with van der Waals surface area (Å²) in [6.45, 7) is 2.75. The van der Waals surface area contributed by atoms with E-state index in [0.29, 0.717) is 6.54 Å². The number of carbonyl (C=O) groups excluding carboxylic acids is 1. The Kier molecular flexibility index (Phi) is 6.95. The van der Waals surface area contributed by atoms with Crippen LogP contribution in [0.3, 0.4) is 0 Å². The predicted molar refractivity (Wildman–Crippen MR) is 81.0 cm³/mol. The van der Waals surface area contributed by atoms with E-state index < -0.39 is 10.0 Å². The van der Waals surface area contributed by atoms with Crippen molar-refractivity contribution in [3.05, 3.63) is 0 Å². The number of rotatable bonds is 7. The summed E-state index contributed by atoms with van der Waals surface area (Å²) >= 11 is 0. The highest BCUT2D eigenvalue weighted by atomic mass is 32.2. The van der Waals surface area contributed by atoms with Crippen LogP contribution in [0.2, 0.25) is 0 Å². The highest BCUT2D eigenvalue weighted by Crippen LogP contribution is 2.24. The molecule has 1 amide bonds. The summed E-state index contributed by atoms with van der Waals surface area (Å²) in [5.74, 6) is -0.102. The largest absolute Gasteiger partial charge is 0.345 e. The fourth-order valence-electron chi connectivity index (χ4n) is 2.66. The zero-order valence-electron chi connectivity index (χ0n) is 13.0. The van der Waals surface area contributed by atoms with E-state index in [0.717, 1.165) is 38.5 Å². The summed E-state index contributed by atoms with van der Waals surface area (Å²) in [6, 6.07) is 0.00211. The Morgan fingerprint density at radius 1 is 1.20 bits per heavy atom. The van der Waals surface area contributed by atoms with E-state index in [1.165, 1.54) is 17.0 Å². The Balaban J connectivity index is 2.67. The van der Waals surface area contributed by atoms with Crippen molar-refractivity contribution in [1.82, 2.24) is 9.21 Å². The Bertz CT molecular complexity index is 403. The van der Waals surface area contributed by atoms with Crippen LogP contribution in [0, 0.1) is 0 Å². The molecule has 118 valence electrons. The molecule has 0 spiro atoms. The molecule has 5 nitrogen and oxygen atoms in total. The second-order valence-electron chi connectivity index (χ2n) is 5.77. The number of hydrogen-bond acceptors (Lipinski definition) is 3. The first kappa shape index (κ1) is 17.4. The van der Waals surface area contributed by atoms with E-state index in [1.54, 1.807) is 11.9 Å². The molecule has 1 saturated carbocycles. The Labute approximate surface area is 123 Å². The molecule has 0 saturated heterocycles. The lowest BCUT2D eigenvalue weighted by Crippen LogP contribution is -2.47. The van der Waals surface area contributed by atoms with Crippen molar-refractivity contribution in [2.45, 2.75) is 57.9 Å². The zero-order chi connectivity index (χ0) is 15.2. The molecule has 0 radical (unpaired) electrons. The van der Waals surface area contributed by atoms with E-state index in [2.05, 4.69) is 6.92 Å². The van der Waals surface area contributed by atoms with Gasteiger partial charge in [-0.25, -0.2) is 8.42 Å². The zero-order valence-corrected chi connectivity index (χ0v) is 13.8. The van der Waals surface area contributed by atoms with Crippen LogP contribution in [0.25, 0.3) is 0 Å². The molecule has 0 unspecified atom stereocenters. The molecule has 1 rings (SSSR count). The molecule has 20 heavy (non-hydrogen) atoms. The quantitative estimate of drug-likeness (QED) is 0.721. The van der Waals surface area contributed by atoms with Gasteiger partial charge in [-0.15, -0.1) is 0 Å². The van der Waals surface area contributed by atoms with E-state index in [4.69, 9.17) is 0 Å². The maximum Gasteiger partial charge on any atom is 0.237 e. The van der Waals surface area contributed by atoms with Crippen molar-refractivity contribution in [3.8, 4) is 0 Å². The first-order chi connectivity index (χ1) is 9.36. The molecule has 0 aromatic rings. The van der Waals surface area contributed by atoms with Gasteiger partial charge in [-0.2, -0.15) is 4.31 Å². The third-order valence-corrected chi connectivity index (χ3v) is 5.25. The van der Waals surface area contributed by atoms with Gasteiger partial charge in [-0.05, 0) is 19.3 Å². The lowest BCUT2D eigenvalue weighted by Gasteiger charge is -2.33. The van der Waals surface area contributed by atoms with Crippen LogP contribution < -0.4 is 0 Å². The van der Waals surface area contributed by atoms with Crippen molar-refractivity contribution in [2.24, 2.45) is 0 Å². The Morgan fingerprint density at radius 3 is 2.30 bits per heavy atom. The van der Waals surface area contributed by atoms with Gasteiger partial charge in [0.05, 0.1) is 12.8 Å². The van der Waals surface area contributed by atoms with Crippen LogP contribution >= 0.6 is 0 Å². The van der Waals surface area contributed by atoms with Gasteiger partial charge in [0.25, 0.3) is 0 Å². The average Bonchev–Trinajstić information content (AvgIpc) is 2.41. The van der Waals surface area contributed by atoms with Crippen LogP contribution in [0.15, 0.2) is 0 Å². The minimum absolute atomic E-state index is 0.00211. The van der Waals surface area contributed by atoms with E-state index >= 15 is 0 Å². The van der Waals surface area contributed by atoms with Gasteiger partial charge in [0.2, 0.25) is 15.9 Å². The van der Waals surface area contributed by atoms with Gasteiger partial charge < -0.3 is 4.90 Å². The van der Waals surface area contributed by atoms with Crippen LogP contribution in [0.4, 0.5) is 0 Å². The standard InChI is InChI=1S/C14H28N2O3S/c1-4-5-11-15(2)14(17)12-16(20(3,18)19)13-9-7-6-8-10-13/h13H,4-12H2,1-3H3. The van der Waals surface area contributed by atoms with Crippen molar-refractivity contribution in [2.75, 3.05) is 26.4 Å². The molecule has 0 N–H and O–H groups in total. The summed E-state index contributed by atoms with van der Waals surface area (Å²) in [5, 5.41) is 0. The number of carbonyl (C=O) groups is 1. The van der Waals surface area contributed by atoms with Gasteiger partial charge >= 0.3 is 0 Å². The van der Waals surface area contributed by atoms with Crippen LogP contribution in [0.5, 0.6) is 0 Å². The van der Waals surface area contributed by atoms with Crippen LogP contribution in [-0.4, -0.2) is 56.0 Å². The van der Waals surface area contributed by atoms with Crippen molar-refractivity contribution in [1.29, 1.82) is 0 Å². The fourth-order valence-corrected chi connectivity index (χ4v) is 3.76. The fraction of sp³-hybridized carbons (Fsp3) is 0.929. The molecule has 0 bridgehead atoms. The summed E-state index contributed by atoms with van der Waals surface area (Å²) in [5.41, 5.74) is 0. The number of nitrogens with zero attached hydrogens (tertiary/aromatic N) is 2. The summed E-state index contributed by atoms with van der Waals surface area (Å²) in [6.07, 6.45) is 8.20. The number of likely N-dealkylation sites (N-methyl/N-ethyl adjacent to an activating group) is 1. The summed E-state index contributed by atoms with van der Waals surface area (Å²) < 4.78 is 25.3. The molecular formula is C14H28N2O3S. The van der Waals surface area contributed by atoms with Gasteiger partial charge in [0.1, 0.15) is 0 Å². The van der Waals surface area contributed by atoms with Crippen molar-refractivity contribution >= 4 is 15.9 Å². The SMILES string of the molecule is CCCCN(C)C(=O)CN(C1CCCCC1)S(C)(=O)=O. The molecule has 0 aromatic carbocycles. The normalized spacial score (nSPS) is 17.4. The monoisotopic (exact) mass is 304 g/mol. The molecule has 1 aliphatic rings. The first-order valence-corrected chi connectivity index (χ1v) is 9.42. The van der Waals surface area contributed by atoms with Crippen molar-refractivity contribution in [3.63, 3.8) is 0 Å². The summed E-state index contributed by atoms with van der Waals surface area (Å²) in [7, 11) is -1.58. The molecule has 0 aliphatic heterocycles. The minimum atomic E-state index is -3.33. The predicted octanol–water partition coefficient (Wildman–Crippen LogP) is 1.84. The Morgan fingerprint density at radius 2 is 1.80 bits per heavy atom. The van der Waals surface area contributed by atoms with Gasteiger partial charge in [-0.1, -0.05) is 32.6 Å². The third kappa shape index (κ3) is 5.40. The van der Waals surface area contributed by atoms with Crippen LogP contribution in [-0.2, 0) is 14.8 Å².